The third kappa shape index (κ3) is 3.40. The molecule has 2 N–H and O–H groups in total. The Morgan fingerprint density at radius 2 is 2.06 bits per heavy atom. The first kappa shape index (κ1) is 12.3. The van der Waals surface area contributed by atoms with E-state index in [9.17, 15) is 4.79 Å². The van der Waals surface area contributed by atoms with Gasteiger partial charge < -0.3 is 14.9 Å². The highest BCUT2D eigenvalue weighted by atomic mass is 16.5. The smallest absolute Gasteiger partial charge is 0.345 e. The van der Waals surface area contributed by atoms with E-state index in [-0.39, 0.29) is 13.0 Å². The molecule has 0 aliphatic heterocycles. The van der Waals surface area contributed by atoms with Gasteiger partial charge in [-0.25, -0.2) is 4.79 Å². The Balaban J connectivity index is 2.69. The van der Waals surface area contributed by atoms with E-state index in [0.29, 0.717) is 5.75 Å². The lowest BCUT2D eigenvalue weighted by atomic mass is 10.2. The lowest BCUT2D eigenvalue weighted by molar-refractivity contribution is -0.144. The fourth-order valence-corrected chi connectivity index (χ4v) is 1.19. The van der Waals surface area contributed by atoms with Crippen LogP contribution in [0, 0.1) is 0 Å². The molecule has 1 rings (SSSR count). The van der Waals surface area contributed by atoms with Crippen LogP contribution >= 0.6 is 0 Å². The minimum absolute atomic E-state index is 0.0463. The van der Waals surface area contributed by atoms with Gasteiger partial charge in [0.15, 0.2) is 6.10 Å². The van der Waals surface area contributed by atoms with Gasteiger partial charge in [-0.2, -0.15) is 0 Å². The Bertz CT molecular complexity index is 356. The first-order valence-corrected chi connectivity index (χ1v) is 4.87. The molecular weight excluding hydrogens is 208 g/mol. The van der Waals surface area contributed by atoms with E-state index >= 15 is 0 Å². The molecule has 1 aromatic carbocycles. The lowest BCUT2D eigenvalue weighted by Gasteiger charge is -2.13. The number of carboxylic acids is 1. The van der Waals surface area contributed by atoms with Crippen molar-refractivity contribution in [2.75, 3.05) is 0 Å². The van der Waals surface area contributed by atoms with Crippen molar-refractivity contribution in [3.8, 4) is 5.75 Å². The molecule has 86 valence electrons. The molecule has 4 heteroatoms. The molecule has 0 bridgehead atoms. The van der Waals surface area contributed by atoms with Crippen LogP contribution in [0.1, 0.15) is 12.0 Å². The minimum atomic E-state index is -1.02. The summed E-state index contributed by atoms with van der Waals surface area (Å²) in [5, 5.41) is 17.7. The summed E-state index contributed by atoms with van der Waals surface area (Å²) in [4.78, 5) is 10.8. The molecule has 0 saturated carbocycles. The van der Waals surface area contributed by atoms with Gasteiger partial charge in [0.2, 0.25) is 0 Å². The highest BCUT2D eigenvalue weighted by Crippen LogP contribution is 2.15. The predicted octanol–water partition coefficient (Wildman–Crippen LogP) is 1.59. The fraction of sp³-hybridized carbons (Fsp3) is 0.250. The van der Waals surface area contributed by atoms with Gasteiger partial charge in [0.1, 0.15) is 5.75 Å². The van der Waals surface area contributed by atoms with E-state index in [1.807, 2.05) is 0 Å². The van der Waals surface area contributed by atoms with E-state index in [1.165, 1.54) is 6.08 Å². The van der Waals surface area contributed by atoms with Gasteiger partial charge in [0, 0.05) is 6.42 Å². The molecule has 0 spiro atoms. The van der Waals surface area contributed by atoms with Crippen LogP contribution in [0.2, 0.25) is 0 Å². The number of carbonyl (C=O) groups is 1. The highest BCUT2D eigenvalue weighted by Gasteiger charge is 2.17. The highest BCUT2D eigenvalue weighted by molar-refractivity contribution is 5.73. The van der Waals surface area contributed by atoms with E-state index in [1.54, 1.807) is 24.3 Å². The summed E-state index contributed by atoms with van der Waals surface area (Å²) in [6, 6.07) is 6.62. The third-order valence-corrected chi connectivity index (χ3v) is 2.04. The topological polar surface area (TPSA) is 66.8 Å². The number of hydrogen-bond donors (Lipinski definition) is 2. The molecule has 0 aliphatic carbocycles. The number of ether oxygens (including phenoxy) is 1. The van der Waals surface area contributed by atoms with Crippen molar-refractivity contribution >= 4 is 5.97 Å². The van der Waals surface area contributed by atoms with E-state index in [0.717, 1.165) is 5.56 Å². The molecule has 1 aromatic rings. The molecule has 1 unspecified atom stereocenters. The van der Waals surface area contributed by atoms with Crippen molar-refractivity contribution < 1.29 is 19.7 Å². The largest absolute Gasteiger partial charge is 0.478 e. The van der Waals surface area contributed by atoms with Crippen molar-refractivity contribution in [3.63, 3.8) is 0 Å². The predicted molar refractivity (Wildman–Crippen MR) is 59.2 cm³/mol. The van der Waals surface area contributed by atoms with Gasteiger partial charge in [-0.3, -0.25) is 0 Å². The van der Waals surface area contributed by atoms with E-state index in [2.05, 4.69) is 6.58 Å². The number of aliphatic carboxylic acids is 1. The number of aliphatic hydroxyl groups excluding tert-OH is 1. The summed E-state index contributed by atoms with van der Waals surface area (Å²) in [6.07, 6.45) is 0.829. The van der Waals surface area contributed by atoms with Crippen LogP contribution in [0.4, 0.5) is 0 Å². The summed E-state index contributed by atoms with van der Waals surface area (Å²) in [5.74, 6) is -0.558. The van der Waals surface area contributed by atoms with E-state index < -0.39 is 12.1 Å². The molecule has 16 heavy (non-hydrogen) atoms. The molecule has 4 nitrogen and oxygen atoms in total. The summed E-state index contributed by atoms with van der Waals surface area (Å²) in [5.41, 5.74) is 0.753. The van der Waals surface area contributed by atoms with Crippen LogP contribution in [0.3, 0.4) is 0 Å². The van der Waals surface area contributed by atoms with E-state index in [4.69, 9.17) is 14.9 Å². The van der Waals surface area contributed by atoms with Crippen LogP contribution in [0.25, 0.3) is 0 Å². The van der Waals surface area contributed by atoms with Crippen molar-refractivity contribution in [2.24, 2.45) is 0 Å². The number of aliphatic hydroxyl groups is 1. The lowest BCUT2D eigenvalue weighted by Crippen LogP contribution is -2.26. The fourth-order valence-electron chi connectivity index (χ4n) is 1.19. The molecular formula is C12H14O4. The number of benzene rings is 1. The summed E-state index contributed by atoms with van der Waals surface area (Å²) >= 11 is 0. The average molecular weight is 222 g/mol. The SMILES string of the molecule is C=CCC(Oc1ccc(CO)cc1)C(=O)O. The molecule has 0 amide bonds. The molecule has 0 aromatic heterocycles. The Morgan fingerprint density at radius 3 is 2.50 bits per heavy atom. The van der Waals surface area contributed by atoms with Crippen molar-refractivity contribution in [3.05, 3.63) is 42.5 Å². The summed E-state index contributed by atoms with van der Waals surface area (Å²) in [6.45, 7) is 3.43. The van der Waals surface area contributed by atoms with Crippen LogP contribution in [0.15, 0.2) is 36.9 Å². The standard InChI is InChI=1S/C12H14O4/c1-2-3-11(12(14)15)16-10-6-4-9(8-13)5-7-10/h2,4-7,11,13H,1,3,8H2,(H,14,15). The van der Waals surface area contributed by atoms with Crippen LogP contribution in [0.5, 0.6) is 5.75 Å². The van der Waals surface area contributed by atoms with Crippen LogP contribution < -0.4 is 4.74 Å². The first-order chi connectivity index (χ1) is 7.67. The Labute approximate surface area is 93.8 Å². The number of carboxylic acid groups (broad SMARTS) is 1. The zero-order valence-corrected chi connectivity index (χ0v) is 8.80. The van der Waals surface area contributed by atoms with Crippen LogP contribution in [-0.2, 0) is 11.4 Å². The molecule has 0 saturated heterocycles. The van der Waals surface area contributed by atoms with Crippen molar-refractivity contribution in [2.45, 2.75) is 19.1 Å². The Kier molecular flexibility index (Phi) is 4.54. The van der Waals surface area contributed by atoms with Gasteiger partial charge in [-0.1, -0.05) is 18.2 Å². The minimum Gasteiger partial charge on any atom is -0.478 e. The van der Waals surface area contributed by atoms with Gasteiger partial charge in [-0.05, 0) is 17.7 Å². The second kappa shape index (κ2) is 5.92. The quantitative estimate of drug-likeness (QED) is 0.717. The number of hydrogen-bond acceptors (Lipinski definition) is 3. The van der Waals surface area contributed by atoms with Gasteiger partial charge in [-0.15, -0.1) is 6.58 Å². The number of rotatable bonds is 6. The summed E-state index contributed by atoms with van der Waals surface area (Å²) < 4.78 is 5.26. The van der Waals surface area contributed by atoms with Crippen molar-refractivity contribution in [1.82, 2.24) is 0 Å². The maximum atomic E-state index is 10.8. The molecule has 0 radical (unpaired) electrons. The van der Waals surface area contributed by atoms with Crippen LogP contribution in [-0.4, -0.2) is 22.3 Å². The maximum absolute atomic E-state index is 10.8. The zero-order chi connectivity index (χ0) is 12.0. The zero-order valence-electron chi connectivity index (χ0n) is 8.80. The summed E-state index contributed by atoms with van der Waals surface area (Å²) in [7, 11) is 0. The molecule has 0 fully saturated rings. The monoisotopic (exact) mass is 222 g/mol. The molecule has 0 heterocycles. The maximum Gasteiger partial charge on any atom is 0.345 e. The van der Waals surface area contributed by atoms with Gasteiger partial charge >= 0.3 is 5.97 Å². The Hall–Kier alpha value is -1.81. The van der Waals surface area contributed by atoms with Gasteiger partial charge in [0.25, 0.3) is 0 Å². The average Bonchev–Trinajstić information content (AvgIpc) is 2.29. The van der Waals surface area contributed by atoms with Crippen molar-refractivity contribution in [1.29, 1.82) is 0 Å². The third-order valence-electron chi connectivity index (χ3n) is 2.04. The Morgan fingerprint density at radius 1 is 1.44 bits per heavy atom. The second-order valence-electron chi connectivity index (χ2n) is 3.27. The van der Waals surface area contributed by atoms with Gasteiger partial charge in [0.05, 0.1) is 6.61 Å². The second-order valence-corrected chi connectivity index (χ2v) is 3.27. The first-order valence-electron chi connectivity index (χ1n) is 4.87. The molecule has 0 aliphatic rings. The molecule has 1 atom stereocenters. The normalized spacial score (nSPS) is 11.8.